The average molecular weight is 379 g/mol. The molecular formula is C19H34N6O2. The van der Waals surface area contributed by atoms with E-state index in [1.165, 1.54) is 0 Å². The molecule has 1 saturated heterocycles. The molecule has 0 saturated carbocycles. The number of guanidine groups is 1. The fourth-order valence-corrected chi connectivity index (χ4v) is 3.90. The summed E-state index contributed by atoms with van der Waals surface area (Å²) in [6.45, 7) is 9.89. The van der Waals surface area contributed by atoms with Gasteiger partial charge in [-0.15, -0.1) is 0 Å². The van der Waals surface area contributed by atoms with Gasteiger partial charge < -0.3 is 15.0 Å². The molecular weight excluding hydrogens is 344 g/mol. The van der Waals surface area contributed by atoms with Crippen LogP contribution in [0.2, 0.25) is 0 Å². The van der Waals surface area contributed by atoms with Crippen LogP contribution in [0.1, 0.15) is 51.8 Å². The predicted molar refractivity (Wildman–Crippen MR) is 106 cm³/mol. The van der Waals surface area contributed by atoms with Crippen molar-refractivity contribution in [2.45, 2.75) is 71.6 Å². The summed E-state index contributed by atoms with van der Waals surface area (Å²) in [5, 5.41) is 7.89. The van der Waals surface area contributed by atoms with Crippen LogP contribution in [0.3, 0.4) is 0 Å². The first-order valence-electron chi connectivity index (χ1n) is 10.5. The number of ether oxygens (including phenoxy) is 1. The maximum Gasteiger partial charge on any atom is 0.345 e. The Labute approximate surface area is 161 Å². The van der Waals surface area contributed by atoms with Gasteiger partial charge in [0.05, 0.1) is 6.10 Å². The van der Waals surface area contributed by atoms with Crippen molar-refractivity contribution in [3.8, 4) is 0 Å². The minimum atomic E-state index is 0.0404. The van der Waals surface area contributed by atoms with Crippen molar-refractivity contribution < 1.29 is 4.74 Å². The third kappa shape index (κ3) is 5.12. The summed E-state index contributed by atoms with van der Waals surface area (Å²) in [5.41, 5.74) is 0.0404. The second kappa shape index (κ2) is 9.92. The van der Waals surface area contributed by atoms with E-state index in [4.69, 9.17) is 9.73 Å². The summed E-state index contributed by atoms with van der Waals surface area (Å²) in [6.07, 6.45) is 6.43. The normalized spacial score (nSPS) is 18.6. The Balaban J connectivity index is 1.51. The number of nitrogens with one attached hydrogen (secondary N) is 1. The minimum Gasteiger partial charge on any atom is -0.378 e. The molecule has 0 aliphatic carbocycles. The lowest BCUT2D eigenvalue weighted by Gasteiger charge is -2.34. The lowest BCUT2D eigenvalue weighted by Crippen LogP contribution is -2.47. The van der Waals surface area contributed by atoms with E-state index in [0.717, 1.165) is 83.1 Å². The van der Waals surface area contributed by atoms with Crippen molar-refractivity contribution in [3.63, 3.8) is 0 Å². The molecule has 8 heteroatoms. The zero-order valence-corrected chi connectivity index (χ0v) is 16.8. The highest BCUT2D eigenvalue weighted by atomic mass is 16.5. The highest BCUT2D eigenvalue weighted by Gasteiger charge is 2.21. The SMILES string of the molecule is CCNC(=NCCCn1nc2n(c1=O)CCCC2)N1CCC(OCC)CC1. The van der Waals surface area contributed by atoms with Gasteiger partial charge in [0.2, 0.25) is 0 Å². The molecule has 0 bridgehead atoms. The second-order valence-electron chi connectivity index (χ2n) is 7.26. The van der Waals surface area contributed by atoms with E-state index in [1.807, 2.05) is 4.57 Å². The Morgan fingerprint density at radius 1 is 1.26 bits per heavy atom. The fourth-order valence-electron chi connectivity index (χ4n) is 3.90. The van der Waals surface area contributed by atoms with E-state index < -0.39 is 0 Å². The Morgan fingerprint density at radius 3 is 2.78 bits per heavy atom. The van der Waals surface area contributed by atoms with Crippen molar-refractivity contribution in [1.82, 2.24) is 24.6 Å². The van der Waals surface area contributed by atoms with Crippen LogP contribution in [0.25, 0.3) is 0 Å². The van der Waals surface area contributed by atoms with Gasteiger partial charge in [-0.05, 0) is 46.0 Å². The number of aliphatic imine (C=N–C) groups is 1. The highest BCUT2D eigenvalue weighted by molar-refractivity contribution is 5.80. The largest absolute Gasteiger partial charge is 0.378 e. The Hall–Kier alpha value is -1.83. The average Bonchev–Trinajstić information content (AvgIpc) is 3.01. The van der Waals surface area contributed by atoms with Crippen LogP contribution in [0.4, 0.5) is 0 Å². The Bertz CT molecular complexity index is 672. The smallest absolute Gasteiger partial charge is 0.345 e. The predicted octanol–water partition coefficient (Wildman–Crippen LogP) is 1.24. The summed E-state index contributed by atoms with van der Waals surface area (Å²) < 4.78 is 9.19. The van der Waals surface area contributed by atoms with Crippen LogP contribution < -0.4 is 11.0 Å². The maximum atomic E-state index is 12.4. The van der Waals surface area contributed by atoms with E-state index in [2.05, 4.69) is 29.2 Å². The van der Waals surface area contributed by atoms with Crippen molar-refractivity contribution in [1.29, 1.82) is 0 Å². The van der Waals surface area contributed by atoms with Crippen LogP contribution >= 0.6 is 0 Å². The zero-order valence-electron chi connectivity index (χ0n) is 16.8. The first-order chi connectivity index (χ1) is 13.2. The molecule has 0 aromatic carbocycles. The van der Waals surface area contributed by atoms with Gasteiger partial charge in [0, 0.05) is 52.3 Å². The quantitative estimate of drug-likeness (QED) is 0.439. The number of likely N-dealkylation sites (tertiary alicyclic amines) is 1. The van der Waals surface area contributed by atoms with Gasteiger partial charge >= 0.3 is 5.69 Å². The second-order valence-corrected chi connectivity index (χ2v) is 7.26. The molecule has 2 aliphatic rings. The van der Waals surface area contributed by atoms with Crippen LogP contribution in [-0.2, 0) is 24.2 Å². The molecule has 152 valence electrons. The molecule has 3 heterocycles. The van der Waals surface area contributed by atoms with Gasteiger partial charge in [-0.25, -0.2) is 9.48 Å². The summed E-state index contributed by atoms with van der Waals surface area (Å²) in [5.74, 6) is 1.92. The van der Waals surface area contributed by atoms with E-state index in [-0.39, 0.29) is 5.69 Å². The Morgan fingerprint density at radius 2 is 2.07 bits per heavy atom. The van der Waals surface area contributed by atoms with E-state index in [9.17, 15) is 4.79 Å². The number of aromatic nitrogens is 3. The number of fused-ring (bicyclic) bond motifs is 1. The van der Waals surface area contributed by atoms with Crippen LogP contribution in [-0.4, -0.2) is 64.1 Å². The highest BCUT2D eigenvalue weighted by Crippen LogP contribution is 2.14. The van der Waals surface area contributed by atoms with Gasteiger partial charge in [-0.3, -0.25) is 9.56 Å². The first-order valence-corrected chi connectivity index (χ1v) is 10.5. The number of hydrogen-bond acceptors (Lipinski definition) is 4. The molecule has 1 aromatic heterocycles. The summed E-state index contributed by atoms with van der Waals surface area (Å²) in [7, 11) is 0. The van der Waals surface area contributed by atoms with Gasteiger partial charge in [-0.1, -0.05) is 0 Å². The number of aryl methyl sites for hydroxylation is 2. The first kappa shape index (κ1) is 19.9. The lowest BCUT2D eigenvalue weighted by atomic mass is 10.1. The van der Waals surface area contributed by atoms with Gasteiger partial charge in [0.1, 0.15) is 5.82 Å². The molecule has 0 atom stereocenters. The number of rotatable bonds is 7. The standard InChI is InChI=1S/C19H34N6O2/c1-3-20-18(23-14-9-16(10-15-23)27-4-2)21-11-7-13-25-19(26)24-12-6-5-8-17(24)22-25/h16H,3-15H2,1-2H3,(H,20,21). The van der Waals surface area contributed by atoms with E-state index in [1.54, 1.807) is 4.68 Å². The molecule has 3 rings (SSSR count). The van der Waals surface area contributed by atoms with Crippen molar-refractivity contribution >= 4 is 5.96 Å². The topological polar surface area (TPSA) is 76.7 Å². The van der Waals surface area contributed by atoms with E-state index >= 15 is 0 Å². The van der Waals surface area contributed by atoms with Gasteiger partial charge in [0.15, 0.2) is 5.96 Å². The summed E-state index contributed by atoms with van der Waals surface area (Å²) >= 11 is 0. The number of nitrogens with zero attached hydrogens (tertiary/aromatic N) is 5. The van der Waals surface area contributed by atoms with Gasteiger partial charge in [0.25, 0.3) is 0 Å². The molecule has 1 fully saturated rings. The number of hydrogen-bond donors (Lipinski definition) is 1. The molecule has 1 aromatic rings. The zero-order chi connectivity index (χ0) is 19.1. The van der Waals surface area contributed by atoms with Crippen molar-refractivity contribution in [2.75, 3.05) is 32.8 Å². The third-order valence-corrected chi connectivity index (χ3v) is 5.30. The summed E-state index contributed by atoms with van der Waals surface area (Å²) in [4.78, 5) is 19.5. The fraction of sp³-hybridized carbons (Fsp3) is 0.842. The van der Waals surface area contributed by atoms with Crippen molar-refractivity contribution in [3.05, 3.63) is 16.3 Å². The van der Waals surface area contributed by atoms with Crippen LogP contribution in [0, 0.1) is 0 Å². The molecule has 0 spiro atoms. The van der Waals surface area contributed by atoms with Crippen LogP contribution in [0.5, 0.6) is 0 Å². The van der Waals surface area contributed by atoms with E-state index in [0.29, 0.717) is 19.2 Å². The lowest BCUT2D eigenvalue weighted by molar-refractivity contribution is 0.0264. The molecule has 8 nitrogen and oxygen atoms in total. The third-order valence-electron chi connectivity index (χ3n) is 5.30. The van der Waals surface area contributed by atoms with Gasteiger partial charge in [-0.2, -0.15) is 5.10 Å². The molecule has 0 radical (unpaired) electrons. The van der Waals surface area contributed by atoms with Crippen LogP contribution in [0.15, 0.2) is 9.79 Å². The molecule has 0 unspecified atom stereocenters. The maximum absolute atomic E-state index is 12.4. The summed E-state index contributed by atoms with van der Waals surface area (Å²) in [6, 6.07) is 0. The Kier molecular flexibility index (Phi) is 7.32. The van der Waals surface area contributed by atoms with Crippen molar-refractivity contribution in [2.24, 2.45) is 4.99 Å². The monoisotopic (exact) mass is 378 g/mol. The molecule has 0 amide bonds. The molecule has 1 N–H and O–H groups in total. The molecule has 27 heavy (non-hydrogen) atoms. The minimum absolute atomic E-state index is 0.0404. The number of piperidine rings is 1. The molecule has 2 aliphatic heterocycles.